The van der Waals surface area contributed by atoms with Crippen LogP contribution < -0.4 is 26.6 Å². The van der Waals surface area contributed by atoms with Gasteiger partial charge in [0.05, 0.1) is 6.42 Å². The molecule has 28 heavy (non-hydrogen) atoms. The van der Waals surface area contributed by atoms with Gasteiger partial charge in [-0.15, -0.1) is 0 Å². The van der Waals surface area contributed by atoms with Crippen LogP contribution in [0.25, 0.3) is 0 Å². The first-order valence-electron chi connectivity index (χ1n) is 8.67. The van der Waals surface area contributed by atoms with Crippen LogP contribution in [0.1, 0.15) is 25.3 Å². The Kier molecular flexibility index (Phi) is 6.91. The molecule has 0 aliphatic rings. The lowest BCUT2D eigenvalue weighted by atomic mass is 10.1. The molecule has 0 atom stereocenters. The second-order valence-corrected chi connectivity index (χ2v) is 6.15. The summed E-state index contributed by atoms with van der Waals surface area (Å²) in [6.45, 7) is -0.670. The summed E-state index contributed by atoms with van der Waals surface area (Å²) >= 11 is 0. The smallest absolute Gasteiger partial charge is 0.387 e. The van der Waals surface area contributed by atoms with Gasteiger partial charge in [0.2, 0.25) is 5.91 Å². The molecule has 0 saturated heterocycles. The number of hydrogen-bond donors (Lipinski definition) is 2. The van der Waals surface area contributed by atoms with E-state index in [1.54, 1.807) is 0 Å². The summed E-state index contributed by atoms with van der Waals surface area (Å²) < 4.78 is 29.9. The summed E-state index contributed by atoms with van der Waals surface area (Å²) in [5, 5.41) is 0. The van der Waals surface area contributed by atoms with Crippen molar-refractivity contribution in [2.75, 3.05) is 17.7 Å². The molecule has 0 spiro atoms. The van der Waals surface area contributed by atoms with E-state index < -0.39 is 23.8 Å². The number of H-pyrrole nitrogens is 1. The second kappa shape index (κ2) is 9.16. The number of carbonyl (C=O) groups excluding carboxylic acids is 1. The van der Waals surface area contributed by atoms with E-state index in [4.69, 9.17) is 5.73 Å². The first kappa shape index (κ1) is 21.1. The minimum atomic E-state index is -2.93. The number of ether oxygens (including phenoxy) is 1. The third-order valence-corrected chi connectivity index (χ3v) is 4.16. The normalized spacial score (nSPS) is 10.9. The second-order valence-electron chi connectivity index (χ2n) is 6.15. The molecule has 0 bridgehead atoms. The fraction of sp³-hybridized carbons (Fsp3) is 0.389. The van der Waals surface area contributed by atoms with Crippen molar-refractivity contribution < 1.29 is 18.3 Å². The Labute approximate surface area is 159 Å². The number of nitrogens with zero attached hydrogens (tertiary/aromatic N) is 2. The van der Waals surface area contributed by atoms with Crippen LogP contribution >= 0.6 is 0 Å². The number of benzene rings is 1. The summed E-state index contributed by atoms with van der Waals surface area (Å²) in [6, 6.07) is 5.58. The van der Waals surface area contributed by atoms with Crippen LogP contribution in [0.4, 0.5) is 20.3 Å². The van der Waals surface area contributed by atoms with Crippen LogP contribution in [0.3, 0.4) is 0 Å². The summed E-state index contributed by atoms with van der Waals surface area (Å²) in [5.74, 6) is -0.567. The van der Waals surface area contributed by atoms with Gasteiger partial charge in [-0.25, -0.2) is 4.79 Å². The highest BCUT2D eigenvalue weighted by Crippen LogP contribution is 2.19. The molecule has 0 radical (unpaired) electrons. The maximum absolute atomic E-state index is 12.6. The zero-order valence-electron chi connectivity index (χ0n) is 15.6. The summed E-state index contributed by atoms with van der Waals surface area (Å²) in [5.41, 5.74) is 5.02. The largest absolute Gasteiger partial charge is 0.435 e. The maximum Gasteiger partial charge on any atom is 0.387 e. The zero-order valence-corrected chi connectivity index (χ0v) is 15.6. The van der Waals surface area contributed by atoms with Crippen molar-refractivity contribution in [3.8, 4) is 5.75 Å². The fourth-order valence-electron chi connectivity index (χ4n) is 2.65. The molecule has 0 unspecified atom stereocenters. The van der Waals surface area contributed by atoms with Gasteiger partial charge >= 0.3 is 12.3 Å². The van der Waals surface area contributed by atoms with Gasteiger partial charge in [-0.05, 0) is 24.1 Å². The number of amides is 1. The summed E-state index contributed by atoms with van der Waals surface area (Å²) in [7, 11) is 1.38. The molecule has 0 fully saturated rings. The highest BCUT2D eigenvalue weighted by molar-refractivity contribution is 5.96. The molecule has 1 aromatic heterocycles. The average Bonchev–Trinajstić information content (AvgIpc) is 2.62. The van der Waals surface area contributed by atoms with Crippen molar-refractivity contribution >= 4 is 17.4 Å². The van der Waals surface area contributed by atoms with Crippen LogP contribution in [0.5, 0.6) is 5.75 Å². The highest BCUT2D eigenvalue weighted by atomic mass is 19.3. The van der Waals surface area contributed by atoms with Crippen LogP contribution in [0, 0.1) is 0 Å². The van der Waals surface area contributed by atoms with Gasteiger partial charge in [-0.1, -0.05) is 25.5 Å². The topological polar surface area (TPSA) is 110 Å². The molecule has 1 heterocycles. The third kappa shape index (κ3) is 4.96. The third-order valence-electron chi connectivity index (χ3n) is 4.16. The van der Waals surface area contributed by atoms with Gasteiger partial charge in [0.1, 0.15) is 11.6 Å². The number of anilines is 2. The van der Waals surface area contributed by atoms with Crippen molar-refractivity contribution in [3.05, 3.63) is 50.7 Å². The SMILES string of the molecule is CCCCn1c(N)c(N(C)C(=O)Cc2ccc(OC(F)F)cc2)c(=O)[nH]c1=O. The van der Waals surface area contributed by atoms with E-state index >= 15 is 0 Å². The Bertz CT molecular complexity index is 938. The lowest BCUT2D eigenvalue weighted by Crippen LogP contribution is -2.39. The van der Waals surface area contributed by atoms with Gasteiger partial charge in [0.15, 0.2) is 5.69 Å². The number of aromatic nitrogens is 2. The van der Waals surface area contributed by atoms with E-state index in [-0.39, 0.29) is 23.7 Å². The van der Waals surface area contributed by atoms with Crippen LogP contribution in [0.15, 0.2) is 33.9 Å². The quantitative estimate of drug-likeness (QED) is 0.706. The molecule has 152 valence electrons. The van der Waals surface area contributed by atoms with Crippen LogP contribution in [-0.2, 0) is 17.8 Å². The Morgan fingerprint density at radius 3 is 2.50 bits per heavy atom. The molecule has 10 heteroatoms. The number of hydrogen-bond acceptors (Lipinski definition) is 5. The van der Waals surface area contributed by atoms with Crippen LogP contribution in [-0.4, -0.2) is 29.1 Å². The van der Waals surface area contributed by atoms with Gasteiger partial charge in [0, 0.05) is 13.6 Å². The molecule has 0 aliphatic heterocycles. The molecular weight excluding hydrogens is 374 g/mol. The Morgan fingerprint density at radius 1 is 1.29 bits per heavy atom. The average molecular weight is 396 g/mol. The summed E-state index contributed by atoms with van der Waals surface area (Å²) in [6.07, 6.45) is 1.40. The molecular formula is C18H22F2N4O4. The Hall–Kier alpha value is -3.17. The highest BCUT2D eigenvalue weighted by Gasteiger charge is 2.21. The maximum atomic E-state index is 12.6. The molecule has 3 N–H and O–H groups in total. The number of nitrogens with two attached hydrogens (primary N) is 1. The van der Waals surface area contributed by atoms with E-state index in [2.05, 4.69) is 9.72 Å². The van der Waals surface area contributed by atoms with Gasteiger partial charge in [-0.3, -0.25) is 19.1 Å². The number of likely N-dealkylation sites (N-methyl/N-ethyl adjacent to an activating group) is 1. The number of unbranched alkanes of at least 4 members (excludes halogenated alkanes) is 1. The fourth-order valence-corrected chi connectivity index (χ4v) is 2.65. The first-order chi connectivity index (χ1) is 13.2. The van der Waals surface area contributed by atoms with E-state index in [0.29, 0.717) is 18.5 Å². The van der Waals surface area contributed by atoms with Crippen molar-refractivity contribution in [3.63, 3.8) is 0 Å². The molecule has 1 aromatic carbocycles. The van der Waals surface area contributed by atoms with Gasteiger partial charge < -0.3 is 15.4 Å². The number of alkyl halides is 2. The minimum Gasteiger partial charge on any atom is -0.435 e. The Morgan fingerprint density at radius 2 is 1.93 bits per heavy atom. The number of rotatable bonds is 8. The van der Waals surface area contributed by atoms with Crippen molar-refractivity contribution in [2.24, 2.45) is 0 Å². The molecule has 1 amide bonds. The van der Waals surface area contributed by atoms with Gasteiger partial charge in [0.25, 0.3) is 5.56 Å². The van der Waals surface area contributed by atoms with Crippen molar-refractivity contribution in [1.82, 2.24) is 9.55 Å². The molecule has 8 nitrogen and oxygen atoms in total. The monoisotopic (exact) mass is 396 g/mol. The molecule has 0 aliphatic carbocycles. The standard InChI is InChI=1S/C18H22F2N4O4/c1-3-4-9-24-15(21)14(16(26)22-18(24)27)23(2)13(25)10-11-5-7-12(8-6-11)28-17(19)20/h5-8,17H,3-4,9-10,21H2,1-2H3,(H,22,26,27). The molecule has 0 saturated carbocycles. The van der Waals surface area contributed by atoms with E-state index in [0.717, 1.165) is 11.3 Å². The van der Waals surface area contributed by atoms with Crippen molar-refractivity contribution in [2.45, 2.75) is 39.3 Å². The number of aromatic amines is 1. The van der Waals surface area contributed by atoms with E-state index in [9.17, 15) is 23.2 Å². The molecule has 2 aromatic rings. The predicted molar refractivity (Wildman–Crippen MR) is 101 cm³/mol. The zero-order chi connectivity index (χ0) is 20.8. The number of carbonyl (C=O) groups is 1. The number of nitrogen functional groups attached to an aromatic ring is 1. The number of halogens is 2. The predicted octanol–water partition coefficient (Wildman–Crippen LogP) is 1.73. The van der Waals surface area contributed by atoms with Crippen LogP contribution in [0.2, 0.25) is 0 Å². The minimum absolute atomic E-state index is 0.0248. The summed E-state index contributed by atoms with van der Waals surface area (Å²) in [4.78, 5) is 40.0. The lowest BCUT2D eigenvalue weighted by molar-refractivity contribution is -0.117. The lowest BCUT2D eigenvalue weighted by Gasteiger charge is -2.20. The number of nitrogens with one attached hydrogen (secondary N) is 1. The first-order valence-corrected chi connectivity index (χ1v) is 8.67. The van der Waals surface area contributed by atoms with Gasteiger partial charge in [-0.2, -0.15) is 8.78 Å². The van der Waals surface area contributed by atoms with E-state index in [1.165, 1.54) is 35.9 Å². The van der Waals surface area contributed by atoms with E-state index in [1.807, 2.05) is 6.92 Å². The Balaban J connectivity index is 2.23. The van der Waals surface area contributed by atoms with Crippen molar-refractivity contribution in [1.29, 1.82) is 0 Å². The molecule has 2 rings (SSSR count).